The van der Waals surface area contributed by atoms with Crippen LogP contribution in [0.3, 0.4) is 0 Å². The summed E-state index contributed by atoms with van der Waals surface area (Å²) in [7, 11) is 2.07. The van der Waals surface area contributed by atoms with Crippen molar-refractivity contribution >= 4 is 5.96 Å². The Morgan fingerprint density at radius 3 is 3.00 bits per heavy atom. The van der Waals surface area contributed by atoms with Crippen LogP contribution in [0.1, 0.15) is 38.9 Å². The van der Waals surface area contributed by atoms with Gasteiger partial charge in [-0.15, -0.1) is 0 Å². The van der Waals surface area contributed by atoms with Crippen LogP contribution in [0.4, 0.5) is 0 Å². The number of hydrogen-bond acceptors (Lipinski definition) is 3. The first-order valence-corrected chi connectivity index (χ1v) is 8.81. The molecule has 130 valence electrons. The molecule has 0 bridgehead atoms. The van der Waals surface area contributed by atoms with Crippen LogP contribution in [0.5, 0.6) is 0 Å². The molecule has 1 aromatic heterocycles. The van der Waals surface area contributed by atoms with Crippen LogP contribution in [0.2, 0.25) is 0 Å². The minimum atomic E-state index is 0.409. The van der Waals surface area contributed by atoms with Gasteiger partial charge in [-0.2, -0.15) is 0 Å². The molecule has 1 aromatic rings. The highest BCUT2D eigenvalue weighted by atomic mass is 16.5. The zero-order valence-electron chi connectivity index (χ0n) is 14.8. The van der Waals surface area contributed by atoms with E-state index in [0.29, 0.717) is 6.04 Å². The molecule has 1 fully saturated rings. The molecule has 0 amide bonds. The lowest BCUT2D eigenvalue weighted by molar-refractivity contribution is 0.115. The Hall–Kier alpha value is -1.49. The van der Waals surface area contributed by atoms with Crippen LogP contribution < -0.4 is 5.32 Å². The number of nitrogens with one attached hydrogen (secondary N) is 1. The topological polar surface area (TPSA) is 50.0 Å². The van der Waals surface area contributed by atoms with E-state index < -0.39 is 0 Å². The maximum Gasteiger partial charge on any atom is 0.193 e. The van der Waals surface area contributed by atoms with Crippen LogP contribution >= 0.6 is 0 Å². The minimum absolute atomic E-state index is 0.409. The van der Waals surface area contributed by atoms with E-state index >= 15 is 0 Å². The highest BCUT2D eigenvalue weighted by Gasteiger charge is 2.21. The van der Waals surface area contributed by atoms with Gasteiger partial charge in [-0.05, 0) is 44.2 Å². The highest BCUT2D eigenvalue weighted by molar-refractivity contribution is 5.80. The van der Waals surface area contributed by atoms with E-state index in [1.807, 2.05) is 12.1 Å². The number of aliphatic imine (C=N–C) groups is 1. The number of nitrogens with zero attached hydrogens (tertiary/aromatic N) is 2. The summed E-state index contributed by atoms with van der Waals surface area (Å²) in [5.41, 5.74) is 0. The molecule has 2 rings (SSSR count). The molecule has 1 heterocycles. The number of likely N-dealkylation sites (N-methyl/N-ethyl adjacent to an activating group) is 1. The van der Waals surface area contributed by atoms with Crippen molar-refractivity contribution in [3.63, 3.8) is 0 Å². The summed E-state index contributed by atoms with van der Waals surface area (Å²) >= 11 is 0. The van der Waals surface area contributed by atoms with Crippen molar-refractivity contribution in [3.8, 4) is 0 Å². The van der Waals surface area contributed by atoms with Crippen molar-refractivity contribution in [3.05, 3.63) is 24.2 Å². The molecule has 1 N–H and O–H groups in total. The maximum absolute atomic E-state index is 5.73. The van der Waals surface area contributed by atoms with Crippen LogP contribution in [0.25, 0.3) is 0 Å². The second-order valence-corrected chi connectivity index (χ2v) is 6.43. The van der Waals surface area contributed by atoms with Crippen LogP contribution in [0.15, 0.2) is 27.8 Å². The van der Waals surface area contributed by atoms with Gasteiger partial charge in [0.2, 0.25) is 0 Å². The van der Waals surface area contributed by atoms with Gasteiger partial charge in [-0.1, -0.05) is 6.92 Å². The lowest BCUT2D eigenvalue weighted by atomic mass is 10.3. The van der Waals surface area contributed by atoms with Gasteiger partial charge in [0.15, 0.2) is 5.96 Å². The minimum Gasteiger partial charge on any atom is -0.469 e. The zero-order chi connectivity index (χ0) is 16.5. The fraction of sp³-hybridized carbons (Fsp3) is 0.722. The number of guanidine groups is 1. The summed E-state index contributed by atoms with van der Waals surface area (Å²) in [4.78, 5) is 6.88. The molecule has 23 heavy (non-hydrogen) atoms. The molecule has 1 unspecified atom stereocenters. The van der Waals surface area contributed by atoms with Crippen molar-refractivity contribution in [1.82, 2.24) is 10.2 Å². The Kier molecular flexibility index (Phi) is 7.46. The van der Waals surface area contributed by atoms with Crippen LogP contribution in [-0.2, 0) is 11.2 Å². The third-order valence-corrected chi connectivity index (χ3v) is 4.17. The zero-order valence-corrected chi connectivity index (χ0v) is 14.8. The predicted molar refractivity (Wildman–Crippen MR) is 93.8 cm³/mol. The molecule has 1 atom stereocenters. The van der Waals surface area contributed by atoms with Crippen LogP contribution in [-0.4, -0.2) is 50.3 Å². The molecule has 5 nitrogen and oxygen atoms in total. The Morgan fingerprint density at radius 2 is 2.35 bits per heavy atom. The molecule has 1 aliphatic carbocycles. The fourth-order valence-corrected chi connectivity index (χ4v) is 2.17. The summed E-state index contributed by atoms with van der Waals surface area (Å²) in [6.07, 6.45) is 6.28. The lowest BCUT2D eigenvalue weighted by Gasteiger charge is -2.25. The Bertz CT molecular complexity index is 455. The van der Waals surface area contributed by atoms with E-state index in [9.17, 15) is 0 Å². The smallest absolute Gasteiger partial charge is 0.193 e. The molecule has 0 aromatic carbocycles. The Balaban J connectivity index is 1.77. The lowest BCUT2D eigenvalue weighted by Crippen LogP contribution is -2.44. The highest BCUT2D eigenvalue weighted by Crippen LogP contribution is 2.28. The van der Waals surface area contributed by atoms with Gasteiger partial charge in [-0.3, -0.25) is 4.99 Å². The number of rotatable bonds is 10. The van der Waals surface area contributed by atoms with Gasteiger partial charge >= 0.3 is 0 Å². The van der Waals surface area contributed by atoms with Gasteiger partial charge < -0.3 is 19.4 Å². The number of furan rings is 1. The van der Waals surface area contributed by atoms with Gasteiger partial charge in [0, 0.05) is 39.2 Å². The van der Waals surface area contributed by atoms with E-state index in [1.54, 1.807) is 6.26 Å². The summed E-state index contributed by atoms with van der Waals surface area (Å²) < 4.78 is 11.1. The third kappa shape index (κ3) is 7.08. The monoisotopic (exact) mass is 321 g/mol. The standard InChI is InChI=1S/C18H31N3O2/c1-4-15(2)20-18(19-10-9-17-6-5-12-23-17)21(3)11-13-22-14-16-7-8-16/h5-6,12,15-16H,4,7-11,13-14H2,1-3H3,(H,19,20). The van der Waals surface area contributed by atoms with E-state index in [1.165, 1.54) is 12.8 Å². The third-order valence-electron chi connectivity index (χ3n) is 4.17. The van der Waals surface area contributed by atoms with E-state index in [2.05, 4.69) is 31.1 Å². The average molecular weight is 321 g/mol. The molecule has 0 saturated heterocycles. The van der Waals surface area contributed by atoms with Crippen molar-refractivity contribution < 1.29 is 9.15 Å². The van der Waals surface area contributed by atoms with E-state index in [-0.39, 0.29) is 0 Å². The van der Waals surface area contributed by atoms with Crippen molar-refractivity contribution in [2.75, 3.05) is 33.4 Å². The molecule has 0 radical (unpaired) electrons. The van der Waals surface area contributed by atoms with Gasteiger partial charge in [0.1, 0.15) is 5.76 Å². The SMILES string of the molecule is CCC(C)NC(=NCCc1ccco1)N(C)CCOCC1CC1. The first-order valence-electron chi connectivity index (χ1n) is 8.81. The number of ether oxygens (including phenoxy) is 1. The summed E-state index contributed by atoms with van der Waals surface area (Å²) in [6.45, 7) is 7.61. The number of hydrogen-bond donors (Lipinski definition) is 1. The predicted octanol–water partition coefficient (Wildman–Crippen LogP) is 2.92. The maximum atomic E-state index is 5.73. The Morgan fingerprint density at radius 1 is 1.52 bits per heavy atom. The molecule has 0 aliphatic heterocycles. The Labute approximate surface area is 140 Å². The summed E-state index contributed by atoms with van der Waals surface area (Å²) in [5, 5.41) is 3.50. The van der Waals surface area contributed by atoms with Crippen molar-refractivity contribution in [1.29, 1.82) is 0 Å². The molecule has 1 saturated carbocycles. The summed E-state index contributed by atoms with van der Waals surface area (Å²) in [5.74, 6) is 2.74. The van der Waals surface area contributed by atoms with Gasteiger partial charge in [0.05, 0.1) is 12.9 Å². The summed E-state index contributed by atoms with van der Waals surface area (Å²) in [6, 6.07) is 4.32. The second kappa shape index (κ2) is 9.60. The van der Waals surface area contributed by atoms with Gasteiger partial charge in [-0.25, -0.2) is 0 Å². The molecular weight excluding hydrogens is 290 g/mol. The first-order chi connectivity index (χ1) is 11.2. The molecular formula is C18H31N3O2. The molecule has 1 aliphatic rings. The normalized spacial score (nSPS) is 16.4. The fourth-order valence-electron chi connectivity index (χ4n) is 2.17. The van der Waals surface area contributed by atoms with Crippen molar-refractivity contribution in [2.45, 2.75) is 45.6 Å². The molecule has 5 heteroatoms. The average Bonchev–Trinajstić information content (AvgIpc) is 3.24. The van der Waals surface area contributed by atoms with Gasteiger partial charge in [0.25, 0.3) is 0 Å². The van der Waals surface area contributed by atoms with E-state index in [4.69, 9.17) is 14.1 Å². The first kappa shape index (κ1) is 17.9. The van der Waals surface area contributed by atoms with E-state index in [0.717, 1.165) is 56.8 Å². The van der Waals surface area contributed by atoms with Crippen molar-refractivity contribution in [2.24, 2.45) is 10.9 Å². The quantitative estimate of drug-likeness (QED) is 0.409. The van der Waals surface area contributed by atoms with Crippen LogP contribution in [0, 0.1) is 5.92 Å². The second-order valence-electron chi connectivity index (χ2n) is 6.43. The molecule has 0 spiro atoms. The largest absolute Gasteiger partial charge is 0.469 e.